The van der Waals surface area contributed by atoms with Crippen molar-refractivity contribution in [2.45, 2.75) is 19.9 Å². The SMILES string of the molecule is CC.NC1C=CC(O)=C/C1=C(\Cl)Nc1ccc(O)cc1F. The van der Waals surface area contributed by atoms with Crippen LogP contribution in [0.1, 0.15) is 13.8 Å². The molecule has 21 heavy (non-hydrogen) atoms. The third-order valence-corrected chi connectivity index (χ3v) is 2.90. The summed E-state index contributed by atoms with van der Waals surface area (Å²) in [5.41, 5.74) is 6.34. The highest BCUT2D eigenvalue weighted by Gasteiger charge is 2.15. The molecule has 0 heterocycles. The Labute approximate surface area is 128 Å². The van der Waals surface area contributed by atoms with Crippen molar-refractivity contribution in [3.05, 3.63) is 58.7 Å². The van der Waals surface area contributed by atoms with Crippen molar-refractivity contribution in [2.24, 2.45) is 5.73 Å². The molecule has 1 aliphatic rings. The van der Waals surface area contributed by atoms with Gasteiger partial charge in [0.2, 0.25) is 0 Å². The van der Waals surface area contributed by atoms with E-state index >= 15 is 0 Å². The maximum atomic E-state index is 13.5. The molecule has 0 bridgehead atoms. The maximum absolute atomic E-state index is 13.5. The van der Waals surface area contributed by atoms with E-state index in [-0.39, 0.29) is 22.4 Å². The lowest BCUT2D eigenvalue weighted by Gasteiger charge is -2.16. The lowest BCUT2D eigenvalue weighted by Crippen LogP contribution is -2.23. The molecular weight excluding hydrogens is 295 g/mol. The number of rotatable bonds is 2. The molecule has 0 aromatic heterocycles. The number of anilines is 1. The Kier molecular flexibility index (Phi) is 6.27. The molecule has 1 aliphatic carbocycles. The number of hydrogen-bond donors (Lipinski definition) is 4. The Balaban J connectivity index is 0.00000106. The predicted molar refractivity (Wildman–Crippen MR) is 83.7 cm³/mol. The van der Waals surface area contributed by atoms with E-state index in [9.17, 15) is 9.50 Å². The molecular formula is C15H18ClFN2O2. The summed E-state index contributed by atoms with van der Waals surface area (Å²) in [4.78, 5) is 0. The summed E-state index contributed by atoms with van der Waals surface area (Å²) < 4.78 is 13.5. The first-order valence-corrected chi connectivity index (χ1v) is 6.85. The first-order valence-electron chi connectivity index (χ1n) is 6.47. The Morgan fingerprint density at radius 1 is 1.33 bits per heavy atom. The fourth-order valence-electron chi connectivity index (χ4n) is 1.62. The van der Waals surface area contributed by atoms with Gasteiger partial charge in [0.05, 0.1) is 11.7 Å². The quantitative estimate of drug-likeness (QED) is 0.495. The van der Waals surface area contributed by atoms with Crippen LogP contribution in [0.3, 0.4) is 0 Å². The molecule has 0 spiro atoms. The molecule has 0 saturated carbocycles. The molecule has 2 rings (SSSR count). The van der Waals surface area contributed by atoms with E-state index < -0.39 is 11.9 Å². The molecule has 114 valence electrons. The first kappa shape index (κ1) is 17.1. The van der Waals surface area contributed by atoms with E-state index in [1.165, 1.54) is 24.3 Å². The van der Waals surface area contributed by atoms with Gasteiger partial charge in [-0.15, -0.1) is 0 Å². The summed E-state index contributed by atoms with van der Waals surface area (Å²) in [5.74, 6) is -0.809. The third-order valence-electron chi connectivity index (χ3n) is 2.59. The van der Waals surface area contributed by atoms with E-state index in [4.69, 9.17) is 22.4 Å². The van der Waals surface area contributed by atoms with E-state index in [1.807, 2.05) is 13.8 Å². The molecule has 1 unspecified atom stereocenters. The van der Waals surface area contributed by atoms with Crippen LogP contribution < -0.4 is 11.1 Å². The van der Waals surface area contributed by atoms with Gasteiger partial charge in [-0.3, -0.25) is 0 Å². The summed E-state index contributed by atoms with van der Waals surface area (Å²) in [6.07, 6.45) is 4.43. The Morgan fingerprint density at radius 3 is 2.62 bits per heavy atom. The molecule has 0 radical (unpaired) electrons. The summed E-state index contributed by atoms with van der Waals surface area (Å²) in [5, 5.41) is 21.3. The van der Waals surface area contributed by atoms with Crippen molar-refractivity contribution in [1.82, 2.24) is 0 Å². The zero-order chi connectivity index (χ0) is 16.0. The number of phenols is 1. The van der Waals surface area contributed by atoms with Crippen LogP contribution in [0.25, 0.3) is 0 Å². The molecule has 1 atom stereocenters. The summed E-state index contributed by atoms with van der Waals surface area (Å²) >= 11 is 6.04. The van der Waals surface area contributed by atoms with Crippen LogP contribution in [0.5, 0.6) is 5.75 Å². The second-order valence-corrected chi connectivity index (χ2v) is 4.39. The largest absolute Gasteiger partial charge is 0.508 e. The minimum Gasteiger partial charge on any atom is -0.508 e. The van der Waals surface area contributed by atoms with Gasteiger partial charge < -0.3 is 21.3 Å². The van der Waals surface area contributed by atoms with Gasteiger partial charge in [-0.1, -0.05) is 31.5 Å². The molecule has 0 amide bonds. The molecule has 0 saturated heterocycles. The fourth-order valence-corrected chi connectivity index (χ4v) is 1.90. The van der Waals surface area contributed by atoms with Crippen LogP contribution in [0, 0.1) is 5.82 Å². The van der Waals surface area contributed by atoms with Crippen molar-refractivity contribution in [2.75, 3.05) is 5.32 Å². The van der Waals surface area contributed by atoms with Gasteiger partial charge in [-0.25, -0.2) is 4.39 Å². The highest BCUT2D eigenvalue weighted by Crippen LogP contribution is 2.25. The van der Waals surface area contributed by atoms with Gasteiger partial charge in [-0.05, 0) is 24.3 Å². The Morgan fingerprint density at radius 2 is 2.00 bits per heavy atom. The van der Waals surface area contributed by atoms with E-state index in [1.54, 1.807) is 6.08 Å². The van der Waals surface area contributed by atoms with Gasteiger partial charge in [-0.2, -0.15) is 0 Å². The van der Waals surface area contributed by atoms with Crippen LogP contribution in [0.2, 0.25) is 0 Å². The monoisotopic (exact) mass is 312 g/mol. The second-order valence-electron chi connectivity index (χ2n) is 4.01. The third kappa shape index (κ3) is 4.51. The van der Waals surface area contributed by atoms with Crippen LogP contribution in [0.4, 0.5) is 10.1 Å². The summed E-state index contributed by atoms with van der Waals surface area (Å²) in [7, 11) is 0. The van der Waals surface area contributed by atoms with Crippen molar-refractivity contribution >= 4 is 17.3 Å². The van der Waals surface area contributed by atoms with Gasteiger partial charge in [0.25, 0.3) is 0 Å². The fraction of sp³-hybridized carbons (Fsp3) is 0.200. The molecule has 6 heteroatoms. The second kappa shape index (κ2) is 7.71. The average molecular weight is 313 g/mol. The van der Waals surface area contributed by atoms with Crippen LogP contribution >= 0.6 is 11.6 Å². The van der Waals surface area contributed by atoms with Crippen molar-refractivity contribution in [1.29, 1.82) is 0 Å². The van der Waals surface area contributed by atoms with Crippen molar-refractivity contribution in [3.8, 4) is 5.75 Å². The number of aliphatic hydroxyl groups excluding tert-OH is 1. The number of benzene rings is 1. The average Bonchev–Trinajstić information content (AvgIpc) is 2.46. The summed E-state index contributed by atoms with van der Waals surface area (Å²) in [6, 6.07) is 3.15. The number of allylic oxidation sites excluding steroid dienone is 1. The minimum absolute atomic E-state index is 0.0165. The molecule has 1 aromatic carbocycles. The van der Waals surface area contributed by atoms with E-state index in [0.717, 1.165) is 6.07 Å². The zero-order valence-electron chi connectivity index (χ0n) is 11.8. The van der Waals surface area contributed by atoms with Crippen molar-refractivity contribution in [3.63, 3.8) is 0 Å². The number of aromatic hydroxyl groups is 1. The Hall–Kier alpha value is -1.98. The standard InChI is InChI=1S/C13H12ClFN2O2.C2H6/c14-13(9-5-7(18)1-3-11(9)16)17-12-4-2-8(19)6-10(12)15;1-2/h1-6,11,17-19H,16H2;1-2H3/b13-9-;. The predicted octanol–water partition coefficient (Wildman–Crippen LogP) is 3.76. The lowest BCUT2D eigenvalue weighted by molar-refractivity contribution is 0.429. The van der Waals surface area contributed by atoms with E-state index in [0.29, 0.717) is 5.57 Å². The molecule has 0 fully saturated rings. The van der Waals surface area contributed by atoms with E-state index in [2.05, 4.69) is 5.32 Å². The normalized spacial score (nSPS) is 19.3. The number of hydrogen-bond acceptors (Lipinski definition) is 4. The van der Waals surface area contributed by atoms with Gasteiger partial charge in [0.1, 0.15) is 22.5 Å². The molecule has 0 aliphatic heterocycles. The summed E-state index contributed by atoms with van der Waals surface area (Å²) in [6.45, 7) is 4.00. The van der Waals surface area contributed by atoms with Crippen LogP contribution in [-0.2, 0) is 0 Å². The van der Waals surface area contributed by atoms with Crippen LogP contribution in [0.15, 0.2) is 52.9 Å². The molecule has 4 nitrogen and oxygen atoms in total. The highest BCUT2D eigenvalue weighted by atomic mass is 35.5. The van der Waals surface area contributed by atoms with Gasteiger partial charge in [0.15, 0.2) is 0 Å². The topological polar surface area (TPSA) is 78.5 Å². The first-order chi connectivity index (χ1) is 9.97. The number of nitrogens with one attached hydrogen (secondary N) is 1. The highest BCUT2D eigenvalue weighted by molar-refractivity contribution is 6.31. The zero-order valence-corrected chi connectivity index (χ0v) is 12.5. The minimum atomic E-state index is -0.646. The number of aliphatic hydroxyl groups is 1. The number of halogens is 2. The smallest absolute Gasteiger partial charge is 0.150 e. The number of nitrogens with two attached hydrogens (primary N) is 1. The van der Waals surface area contributed by atoms with Gasteiger partial charge in [0, 0.05) is 11.6 Å². The maximum Gasteiger partial charge on any atom is 0.150 e. The van der Waals surface area contributed by atoms with Gasteiger partial charge >= 0.3 is 0 Å². The molecule has 1 aromatic rings. The van der Waals surface area contributed by atoms with Crippen LogP contribution in [-0.4, -0.2) is 16.3 Å². The van der Waals surface area contributed by atoms with Crippen molar-refractivity contribution < 1.29 is 14.6 Å². The lowest BCUT2D eigenvalue weighted by atomic mass is 10.0. The molecule has 5 N–H and O–H groups in total. The Bertz CT molecular complexity index is 597. The number of phenolic OH excluding ortho intramolecular Hbond substituents is 1.